The van der Waals surface area contributed by atoms with E-state index in [-0.39, 0.29) is 30.3 Å². The number of nitrogens with zero attached hydrogens (tertiary/aromatic N) is 1. The van der Waals surface area contributed by atoms with Crippen LogP contribution in [0.5, 0.6) is 0 Å². The highest BCUT2D eigenvalue weighted by molar-refractivity contribution is 6.02. The lowest BCUT2D eigenvalue weighted by molar-refractivity contribution is -0.130. The number of carbonyl (C=O) groups is 2. The van der Waals surface area contributed by atoms with Gasteiger partial charge in [-0.3, -0.25) is 9.59 Å². The van der Waals surface area contributed by atoms with E-state index in [9.17, 15) is 9.59 Å². The number of hydrogen-bond acceptors (Lipinski definition) is 2. The number of rotatable bonds is 4. The van der Waals surface area contributed by atoms with Crippen molar-refractivity contribution in [3.63, 3.8) is 0 Å². The van der Waals surface area contributed by atoms with Crippen molar-refractivity contribution in [1.29, 1.82) is 0 Å². The third-order valence-electron chi connectivity index (χ3n) is 4.06. The van der Waals surface area contributed by atoms with E-state index in [1.54, 1.807) is 0 Å². The van der Waals surface area contributed by atoms with Gasteiger partial charge >= 0.3 is 0 Å². The molecule has 1 fully saturated rings. The Kier molecular flexibility index (Phi) is 4.27. The summed E-state index contributed by atoms with van der Waals surface area (Å²) in [6.07, 6.45) is 4.61. The third-order valence-corrected chi connectivity index (χ3v) is 4.06. The molecule has 1 saturated carbocycles. The van der Waals surface area contributed by atoms with Gasteiger partial charge in [-0.25, -0.2) is 0 Å². The Bertz CT molecular complexity index is 412. The van der Waals surface area contributed by atoms with Crippen molar-refractivity contribution >= 4 is 11.8 Å². The fourth-order valence-electron chi connectivity index (χ4n) is 3.29. The predicted octanol–water partition coefficient (Wildman–Crippen LogP) is 2.00. The van der Waals surface area contributed by atoms with Crippen LogP contribution in [0.4, 0.5) is 0 Å². The van der Waals surface area contributed by atoms with E-state index < -0.39 is 0 Å². The molecule has 0 aromatic rings. The van der Waals surface area contributed by atoms with E-state index in [1.807, 2.05) is 11.8 Å². The van der Waals surface area contributed by atoms with Crippen LogP contribution in [0.25, 0.3) is 0 Å². The molecule has 4 heteroatoms. The molecule has 0 aromatic heterocycles. The van der Waals surface area contributed by atoms with Crippen LogP contribution in [-0.2, 0) is 9.59 Å². The molecule has 0 spiro atoms. The quantitative estimate of drug-likeness (QED) is 0.844. The summed E-state index contributed by atoms with van der Waals surface area (Å²) in [5.41, 5.74) is 2.00. The predicted molar refractivity (Wildman–Crippen MR) is 74.6 cm³/mol. The van der Waals surface area contributed by atoms with Crippen LogP contribution >= 0.6 is 0 Å². The second kappa shape index (κ2) is 5.76. The summed E-state index contributed by atoms with van der Waals surface area (Å²) in [6.45, 7) is 6.63. The maximum atomic E-state index is 12.5. The minimum Gasteiger partial charge on any atom is -0.356 e. The summed E-state index contributed by atoms with van der Waals surface area (Å²) in [7, 11) is 0. The molecule has 1 heterocycles. The zero-order chi connectivity index (χ0) is 14.0. The third kappa shape index (κ3) is 2.67. The van der Waals surface area contributed by atoms with Crippen molar-refractivity contribution in [2.24, 2.45) is 0 Å². The first kappa shape index (κ1) is 14.1. The Labute approximate surface area is 115 Å². The van der Waals surface area contributed by atoms with Gasteiger partial charge in [-0.05, 0) is 45.6 Å². The lowest BCUT2D eigenvalue weighted by Gasteiger charge is -2.33. The maximum Gasteiger partial charge on any atom is 0.251 e. The SMILES string of the molecule is CCNC(=O)CC1=C2CCCCC2N(C(C)C)C1=O. The molecule has 1 atom stereocenters. The molecule has 1 aliphatic carbocycles. The monoisotopic (exact) mass is 264 g/mol. The van der Waals surface area contributed by atoms with Crippen molar-refractivity contribution in [3.8, 4) is 0 Å². The van der Waals surface area contributed by atoms with Crippen molar-refractivity contribution in [2.75, 3.05) is 6.54 Å². The highest BCUT2D eigenvalue weighted by atomic mass is 16.2. The van der Waals surface area contributed by atoms with E-state index in [0.29, 0.717) is 6.54 Å². The molecule has 2 aliphatic rings. The van der Waals surface area contributed by atoms with Crippen LogP contribution in [0.2, 0.25) is 0 Å². The zero-order valence-corrected chi connectivity index (χ0v) is 12.2. The number of fused-ring (bicyclic) bond motifs is 1. The summed E-state index contributed by atoms with van der Waals surface area (Å²) in [6, 6.07) is 0.461. The molecule has 1 aliphatic heterocycles. The van der Waals surface area contributed by atoms with E-state index in [4.69, 9.17) is 0 Å². The average Bonchev–Trinajstić information content (AvgIpc) is 2.63. The van der Waals surface area contributed by atoms with Gasteiger partial charge in [-0.2, -0.15) is 0 Å². The Morgan fingerprint density at radius 1 is 1.42 bits per heavy atom. The van der Waals surface area contributed by atoms with Gasteiger partial charge in [0.2, 0.25) is 5.91 Å². The Morgan fingerprint density at radius 2 is 2.16 bits per heavy atom. The van der Waals surface area contributed by atoms with Crippen LogP contribution < -0.4 is 5.32 Å². The summed E-state index contributed by atoms with van der Waals surface area (Å²) < 4.78 is 0. The summed E-state index contributed by atoms with van der Waals surface area (Å²) in [5, 5.41) is 2.79. The summed E-state index contributed by atoms with van der Waals surface area (Å²) >= 11 is 0. The molecule has 19 heavy (non-hydrogen) atoms. The van der Waals surface area contributed by atoms with Crippen molar-refractivity contribution in [1.82, 2.24) is 10.2 Å². The fraction of sp³-hybridized carbons (Fsp3) is 0.733. The van der Waals surface area contributed by atoms with Gasteiger partial charge in [-0.15, -0.1) is 0 Å². The molecule has 0 saturated heterocycles. The molecule has 0 radical (unpaired) electrons. The van der Waals surface area contributed by atoms with Crippen molar-refractivity contribution in [3.05, 3.63) is 11.1 Å². The first-order valence-corrected chi connectivity index (χ1v) is 7.37. The van der Waals surface area contributed by atoms with Crippen LogP contribution in [0.1, 0.15) is 52.9 Å². The van der Waals surface area contributed by atoms with Gasteiger partial charge in [0.25, 0.3) is 5.91 Å². The molecule has 2 amide bonds. The van der Waals surface area contributed by atoms with E-state index >= 15 is 0 Å². The van der Waals surface area contributed by atoms with Gasteiger partial charge in [-0.1, -0.05) is 6.42 Å². The van der Waals surface area contributed by atoms with E-state index in [1.165, 1.54) is 12.0 Å². The Balaban J connectivity index is 2.23. The molecule has 4 nitrogen and oxygen atoms in total. The topological polar surface area (TPSA) is 49.4 Å². The standard InChI is InChI=1S/C15H24N2O2/c1-4-16-14(18)9-12-11-7-5-6-8-13(11)17(10(2)3)15(12)19/h10,13H,4-9H2,1-3H3,(H,16,18). The molecular formula is C15H24N2O2. The number of nitrogens with one attached hydrogen (secondary N) is 1. The molecular weight excluding hydrogens is 240 g/mol. The van der Waals surface area contributed by atoms with Gasteiger partial charge < -0.3 is 10.2 Å². The van der Waals surface area contributed by atoms with Crippen molar-refractivity contribution in [2.45, 2.75) is 65.0 Å². The lowest BCUT2D eigenvalue weighted by Crippen LogP contribution is -2.41. The summed E-state index contributed by atoms with van der Waals surface area (Å²) in [4.78, 5) is 26.3. The maximum absolute atomic E-state index is 12.5. The van der Waals surface area contributed by atoms with Crippen LogP contribution in [0.15, 0.2) is 11.1 Å². The largest absolute Gasteiger partial charge is 0.356 e. The van der Waals surface area contributed by atoms with Crippen LogP contribution in [0.3, 0.4) is 0 Å². The van der Waals surface area contributed by atoms with E-state index in [2.05, 4.69) is 19.2 Å². The molecule has 0 aromatic carbocycles. The average molecular weight is 264 g/mol. The normalized spacial score (nSPS) is 23.1. The van der Waals surface area contributed by atoms with Crippen LogP contribution in [0, 0.1) is 0 Å². The minimum absolute atomic E-state index is 0.0340. The first-order valence-electron chi connectivity index (χ1n) is 7.37. The highest BCUT2D eigenvalue weighted by Gasteiger charge is 2.41. The smallest absolute Gasteiger partial charge is 0.251 e. The summed E-state index contributed by atoms with van der Waals surface area (Å²) in [5.74, 6) is 0.0523. The fourth-order valence-corrected chi connectivity index (χ4v) is 3.29. The molecule has 106 valence electrons. The van der Waals surface area contributed by atoms with E-state index in [0.717, 1.165) is 24.8 Å². The second-order valence-corrected chi connectivity index (χ2v) is 5.70. The lowest BCUT2D eigenvalue weighted by atomic mass is 9.88. The number of amides is 2. The Hall–Kier alpha value is -1.32. The Morgan fingerprint density at radius 3 is 2.79 bits per heavy atom. The second-order valence-electron chi connectivity index (χ2n) is 5.70. The first-order chi connectivity index (χ1) is 9.06. The molecule has 2 rings (SSSR count). The molecule has 1 N–H and O–H groups in total. The van der Waals surface area contributed by atoms with Crippen molar-refractivity contribution < 1.29 is 9.59 Å². The van der Waals surface area contributed by atoms with Gasteiger partial charge in [0.1, 0.15) is 0 Å². The van der Waals surface area contributed by atoms with Gasteiger partial charge in [0, 0.05) is 18.2 Å². The number of hydrogen-bond donors (Lipinski definition) is 1. The number of carbonyl (C=O) groups excluding carboxylic acids is 2. The highest BCUT2D eigenvalue weighted by Crippen LogP contribution is 2.38. The van der Waals surface area contributed by atoms with Crippen LogP contribution in [-0.4, -0.2) is 35.3 Å². The minimum atomic E-state index is -0.0340. The molecule has 0 bridgehead atoms. The molecule has 1 unspecified atom stereocenters. The van der Waals surface area contributed by atoms with Gasteiger partial charge in [0.05, 0.1) is 12.5 Å². The zero-order valence-electron chi connectivity index (χ0n) is 12.2. The van der Waals surface area contributed by atoms with Gasteiger partial charge in [0.15, 0.2) is 0 Å².